The normalized spacial score (nSPS) is 16.7. The molecular formula is C32H51Cl2N3O6. The van der Waals surface area contributed by atoms with E-state index < -0.39 is 6.10 Å². The van der Waals surface area contributed by atoms with Crippen molar-refractivity contribution in [2.45, 2.75) is 64.4 Å². The van der Waals surface area contributed by atoms with Crippen molar-refractivity contribution < 1.29 is 63.5 Å². The summed E-state index contributed by atoms with van der Waals surface area (Å²) in [6, 6.07) is 11.6. The summed E-state index contributed by atoms with van der Waals surface area (Å²) in [5.41, 5.74) is 2.06. The second-order valence-corrected chi connectivity index (χ2v) is 10.8. The molecule has 9 nitrogen and oxygen atoms in total. The number of para-hydroxylation sites is 2. The number of piperazine rings is 1. The Labute approximate surface area is 270 Å². The first-order valence-electron chi connectivity index (χ1n) is 15.2. The monoisotopic (exact) mass is 643 g/mol. The quantitative estimate of drug-likeness (QED) is 0.127. The summed E-state index contributed by atoms with van der Waals surface area (Å²) in [4.78, 5) is 15.3. The van der Waals surface area contributed by atoms with Gasteiger partial charge in [-0.15, -0.1) is 0 Å². The molecule has 0 saturated carbocycles. The van der Waals surface area contributed by atoms with E-state index in [1.807, 2.05) is 18.2 Å². The predicted octanol–water partition coefficient (Wildman–Crippen LogP) is -3.35. The van der Waals surface area contributed by atoms with Crippen molar-refractivity contribution >= 4 is 17.3 Å². The topological polar surface area (TPSA) is 95.1 Å². The summed E-state index contributed by atoms with van der Waals surface area (Å²) in [5.74, 6) is 2.17. The van der Waals surface area contributed by atoms with Gasteiger partial charge in [0, 0.05) is 24.6 Å². The van der Waals surface area contributed by atoms with E-state index in [0.717, 1.165) is 50.4 Å². The van der Waals surface area contributed by atoms with Crippen molar-refractivity contribution in [1.29, 1.82) is 0 Å². The van der Waals surface area contributed by atoms with Gasteiger partial charge in [-0.05, 0) is 12.5 Å². The Hall–Kier alpha value is -2.43. The van der Waals surface area contributed by atoms with Crippen LogP contribution in [0.1, 0.15) is 58.3 Å². The average Bonchev–Trinajstić information content (AvgIpc) is 2.99. The van der Waals surface area contributed by atoms with Gasteiger partial charge in [-0.25, -0.2) is 0 Å². The van der Waals surface area contributed by atoms with E-state index >= 15 is 0 Å². The van der Waals surface area contributed by atoms with Gasteiger partial charge in [-0.1, -0.05) is 57.6 Å². The van der Waals surface area contributed by atoms with E-state index in [0.29, 0.717) is 36.0 Å². The number of quaternary nitrogens is 2. The Bertz CT molecular complexity index is 1040. The number of rotatable bonds is 18. The Morgan fingerprint density at radius 2 is 1.49 bits per heavy atom. The molecule has 1 aliphatic rings. The van der Waals surface area contributed by atoms with Crippen LogP contribution in [-0.4, -0.2) is 77.8 Å². The molecule has 1 aliphatic heterocycles. The minimum atomic E-state index is -0.608. The smallest absolute Gasteiger partial charge is 0.224 e. The first kappa shape index (κ1) is 38.6. The number of aliphatic hydroxyl groups excluding tert-OH is 1. The molecule has 3 rings (SSSR count). The third kappa shape index (κ3) is 12.6. The number of methoxy groups -OCH3 is 3. The van der Waals surface area contributed by atoms with Gasteiger partial charge in [0.05, 0.1) is 21.3 Å². The maximum absolute atomic E-state index is 12.6. The molecule has 1 unspecified atom stereocenters. The number of nitrogens with one attached hydrogen (secondary N) is 3. The lowest BCUT2D eigenvalue weighted by atomic mass is 10.1. The third-order valence-corrected chi connectivity index (χ3v) is 7.76. The minimum Gasteiger partial charge on any atom is -1.00 e. The molecule has 1 atom stereocenters. The van der Waals surface area contributed by atoms with E-state index in [-0.39, 0.29) is 37.3 Å². The van der Waals surface area contributed by atoms with E-state index in [9.17, 15) is 9.90 Å². The molecule has 1 heterocycles. The molecule has 1 amide bonds. The van der Waals surface area contributed by atoms with Crippen LogP contribution >= 0.6 is 0 Å². The van der Waals surface area contributed by atoms with Crippen LogP contribution in [0.15, 0.2) is 36.4 Å². The maximum Gasteiger partial charge on any atom is 0.224 e. The van der Waals surface area contributed by atoms with E-state index in [2.05, 4.69) is 18.3 Å². The van der Waals surface area contributed by atoms with Gasteiger partial charge in [0.2, 0.25) is 11.7 Å². The zero-order valence-corrected chi connectivity index (χ0v) is 27.7. The lowest BCUT2D eigenvalue weighted by molar-refractivity contribution is -0.987. The highest BCUT2D eigenvalue weighted by atomic mass is 35.5. The minimum absolute atomic E-state index is 0. The van der Waals surface area contributed by atoms with Crippen LogP contribution in [0.25, 0.3) is 0 Å². The van der Waals surface area contributed by atoms with Crippen molar-refractivity contribution in [2.75, 3.05) is 66.0 Å². The van der Waals surface area contributed by atoms with Gasteiger partial charge in [0.1, 0.15) is 56.9 Å². The summed E-state index contributed by atoms with van der Waals surface area (Å²) >= 11 is 0. The Kier molecular flexibility index (Phi) is 19.1. The van der Waals surface area contributed by atoms with Gasteiger partial charge >= 0.3 is 0 Å². The molecule has 2 aromatic carbocycles. The van der Waals surface area contributed by atoms with E-state index in [4.69, 9.17) is 18.9 Å². The Balaban J connectivity index is 0.00000462. The lowest BCUT2D eigenvalue weighted by Gasteiger charge is -2.31. The van der Waals surface area contributed by atoms with Crippen LogP contribution in [0.3, 0.4) is 0 Å². The second-order valence-electron chi connectivity index (χ2n) is 10.8. The molecule has 0 radical (unpaired) electrons. The number of carbonyl (C=O) groups excluding carboxylic acids is 1. The highest BCUT2D eigenvalue weighted by Crippen LogP contribution is 2.40. The van der Waals surface area contributed by atoms with Gasteiger partial charge in [0.15, 0.2) is 17.2 Å². The number of anilines is 1. The predicted molar refractivity (Wildman–Crippen MR) is 161 cm³/mol. The third-order valence-electron chi connectivity index (χ3n) is 7.76. The van der Waals surface area contributed by atoms with Crippen molar-refractivity contribution in [3.8, 4) is 23.0 Å². The summed E-state index contributed by atoms with van der Waals surface area (Å²) in [7, 11) is 4.68. The van der Waals surface area contributed by atoms with Crippen LogP contribution in [0.5, 0.6) is 23.0 Å². The van der Waals surface area contributed by atoms with Crippen LogP contribution in [0.4, 0.5) is 11.4 Å². The van der Waals surface area contributed by atoms with Crippen molar-refractivity contribution in [3.63, 3.8) is 0 Å². The van der Waals surface area contributed by atoms with Gasteiger partial charge in [-0.3, -0.25) is 9.69 Å². The van der Waals surface area contributed by atoms with Crippen LogP contribution in [-0.2, 0) is 4.79 Å². The molecule has 2 aromatic rings. The summed E-state index contributed by atoms with van der Waals surface area (Å²) in [5, 5.41) is 13.9. The van der Waals surface area contributed by atoms with E-state index in [1.54, 1.807) is 33.5 Å². The van der Waals surface area contributed by atoms with Gasteiger partial charge < -0.3 is 59.1 Å². The SMILES string of the molecule is CCCCCCCCCC(=O)Nc1ccccc1[NH+]1CC[NH+](CC(O)COc2cc(OC)c(OC)c(OC)c2)CC1.[Cl-].[Cl-]. The first-order chi connectivity index (χ1) is 20.0. The number of unbranched alkanes of at least 4 members (excludes halogenated alkanes) is 6. The molecule has 1 fully saturated rings. The van der Waals surface area contributed by atoms with Gasteiger partial charge in [-0.2, -0.15) is 0 Å². The summed E-state index contributed by atoms with van der Waals surface area (Å²) < 4.78 is 22.0. The molecule has 244 valence electrons. The fourth-order valence-electron chi connectivity index (χ4n) is 5.46. The molecule has 0 bridgehead atoms. The number of carbonyl (C=O) groups is 1. The lowest BCUT2D eigenvalue weighted by Crippen LogP contribution is -3.26. The number of benzene rings is 2. The number of ether oxygens (including phenoxy) is 4. The maximum atomic E-state index is 12.6. The van der Waals surface area contributed by atoms with Gasteiger partial charge in [0.25, 0.3) is 0 Å². The number of amides is 1. The number of halogens is 2. The second kappa shape index (κ2) is 21.3. The highest BCUT2D eigenvalue weighted by Gasteiger charge is 2.28. The molecule has 11 heteroatoms. The molecule has 4 N–H and O–H groups in total. The van der Waals surface area contributed by atoms with Crippen LogP contribution in [0, 0.1) is 0 Å². The molecule has 0 aromatic heterocycles. The fourth-order valence-corrected chi connectivity index (χ4v) is 5.46. The molecular weight excluding hydrogens is 593 g/mol. The zero-order valence-electron chi connectivity index (χ0n) is 26.2. The van der Waals surface area contributed by atoms with E-state index in [1.165, 1.54) is 41.9 Å². The van der Waals surface area contributed by atoms with Crippen LogP contribution in [0.2, 0.25) is 0 Å². The largest absolute Gasteiger partial charge is 1.00 e. The summed E-state index contributed by atoms with van der Waals surface area (Å²) in [6.07, 6.45) is 8.38. The Morgan fingerprint density at radius 1 is 0.884 bits per heavy atom. The molecule has 0 aliphatic carbocycles. The van der Waals surface area contributed by atoms with Crippen molar-refractivity contribution in [1.82, 2.24) is 0 Å². The molecule has 0 spiro atoms. The fraction of sp³-hybridized carbons (Fsp3) is 0.594. The summed E-state index contributed by atoms with van der Waals surface area (Å²) in [6.45, 7) is 6.73. The van der Waals surface area contributed by atoms with Crippen molar-refractivity contribution in [3.05, 3.63) is 36.4 Å². The average molecular weight is 645 g/mol. The number of hydrogen-bond acceptors (Lipinski definition) is 6. The Morgan fingerprint density at radius 3 is 2.09 bits per heavy atom. The molecule has 43 heavy (non-hydrogen) atoms. The highest BCUT2D eigenvalue weighted by molar-refractivity contribution is 5.92. The first-order valence-corrected chi connectivity index (χ1v) is 15.2. The molecule has 1 saturated heterocycles. The van der Waals surface area contributed by atoms with Crippen LogP contribution < -0.4 is 58.9 Å². The van der Waals surface area contributed by atoms with Crippen molar-refractivity contribution in [2.24, 2.45) is 0 Å². The number of hydrogen-bond donors (Lipinski definition) is 4. The standard InChI is InChI=1S/C32H49N3O6.2ClH/c1-5-6-7-8-9-10-11-16-31(37)33-27-14-12-13-15-28(27)35-19-17-34(18-20-35)23-25(36)24-41-26-21-29(38-2)32(40-4)30(22-26)39-3;;/h12-15,21-22,25,36H,5-11,16-20,23-24H2,1-4H3,(H,33,37);2*1H. The number of aliphatic hydroxyl groups is 1. The zero-order chi connectivity index (χ0) is 29.5.